The number of carbonyl (C=O) groups excluding carboxylic acids is 2. The molecule has 0 radical (unpaired) electrons. The van der Waals surface area contributed by atoms with E-state index in [-0.39, 0.29) is 24.3 Å². The van der Waals surface area contributed by atoms with Crippen LogP contribution in [0, 0.1) is 0 Å². The summed E-state index contributed by atoms with van der Waals surface area (Å²) in [5, 5.41) is 12.4. The van der Waals surface area contributed by atoms with Crippen LogP contribution in [0.1, 0.15) is 87.1 Å². The van der Waals surface area contributed by atoms with Gasteiger partial charge in [-0.05, 0) is 43.4 Å². The van der Waals surface area contributed by atoms with E-state index in [0.29, 0.717) is 17.2 Å². The van der Waals surface area contributed by atoms with Gasteiger partial charge >= 0.3 is 0 Å². The van der Waals surface area contributed by atoms with Gasteiger partial charge in [0.05, 0.1) is 0 Å². The van der Waals surface area contributed by atoms with Crippen molar-refractivity contribution >= 4 is 28.3 Å². The molecule has 1 aromatic heterocycles. The molecule has 1 heterocycles. The zero-order valence-corrected chi connectivity index (χ0v) is 22.6. The largest absolute Gasteiger partial charge is 0.335 e. The number of nitrogens with zero attached hydrogens (tertiary/aromatic N) is 3. The molecule has 0 atom stereocenters. The highest BCUT2D eigenvalue weighted by molar-refractivity contribution is 7.18. The van der Waals surface area contributed by atoms with E-state index in [2.05, 4.69) is 34.6 Å². The number of unbranched alkanes of at least 4 members (excludes halogenated alkanes) is 3. The van der Waals surface area contributed by atoms with E-state index < -0.39 is 0 Å². The molecule has 1 aliphatic rings. The second-order valence-corrected chi connectivity index (χ2v) is 10.9. The van der Waals surface area contributed by atoms with Crippen LogP contribution in [0.25, 0.3) is 10.6 Å². The maximum absolute atomic E-state index is 13.6. The Bertz CT molecular complexity index is 1120. The summed E-state index contributed by atoms with van der Waals surface area (Å²) in [5.74, 6) is -0.119. The molecule has 37 heavy (non-hydrogen) atoms. The van der Waals surface area contributed by atoms with E-state index in [1.807, 2.05) is 47.4 Å². The summed E-state index contributed by atoms with van der Waals surface area (Å²) in [5.41, 5.74) is 2.96. The second-order valence-electron chi connectivity index (χ2n) is 9.87. The van der Waals surface area contributed by atoms with Gasteiger partial charge in [0.2, 0.25) is 11.0 Å². The van der Waals surface area contributed by atoms with Crippen molar-refractivity contribution in [3.05, 3.63) is 65.7 Å². The molecule has 1 saturated carbocycles. The Hall–Kier alpha value is -3.06. The van der Waals surface area contributed by atoms with Gasteiger partial charge in [-0.25, -0.2) is 0 Å². The van der Waals surface area contributed by atoms with Crippen molar-refractivity contribution in [2.45, 2.75) is 83.6 Å². The van der Waals surface area contributed by atoms with Crippen molar-refractivity contribution in [2.75, 3.05) is 11.9 Å². The van der Waals surface area contributed by atoms with Crippen molar-refractivity contribution in [3.8, 4) is 10.6 Å². The molecule has 2 aromatic carbocycles. The normalized spacial score (nSPS) is 13.9. The summed E-state index contributed by atoms with van der Waals surface area (Å²) in [4.78, 5) is 28.3. The molecule has 0 aliphatic heterocycles. The van der Waals surface area contributed by atoms with Gasteiger partial charge in [-0.1, -0.05) is 99.3 Å². The highest BCUT2D eigenvalue weighted by Crippen LogP contribution is 2.27. The molecule has 1 aliphatic carbocycles. The van der Waals surface area contributed by atoms with Crippen molar-refractivity contribution in [3.63, 3.8) is 0 Å². The van der Waals surface area contributed by atoms with Crippen LogP contribution in [0.15, 0.2) is 54.6 Å². The number of rotatable bonds is 12. The van der Waals surface area contributed by atoms with Gasteiger partial charge in [0.15, 0.2) is 0 Å². The van der Waals surface area contributed by atoms with Gasteiger partial charge in [-0.2, -0.15) is 0 Å². The first-order valence-electron chi connectivity index (χ1n) is 13.7. The van der Waals surface area contributed by atoms with Gasteiger partial charge in [0.1, 0.15) is 5.01 Å². The van der Waals surface area contributed by atoms with E-state index in [1.165, 1.54) is 49.0 Å². The van der Waals surface area contributed by atoms with Crippen molar-refractivity contribution in [2.24, 2.45) is 0 Å². The standard InChI is InChI=1S/C30H38N4O2S/c1-2-3-4-7-12-23-17-19-25(20-18-23)29(36)34(26-15-10-6-11-16-26)22-21-27(35)31-30-33-32-28(37-30)24-13-8-5-9-14-24/h5,8-9,13-14,17-20,26H,2-4,6-7,10-12,15-16,21-22H2,1H3,(H,31,33,35). The number of aryl methyl sites for hydroxylation is 1. The molecule has 0 saturated heterocycles. The third-order valence-corrected chi connectivity index (χ3v) is 7.96. The number of hydrogen-bond donors (Lipinski definition) is 1. The van der Waals surface area contributed by atoms with Crippen LogP contribution in [0.3, 0.4) is 0 Å². The monoisotopic (exact) mass is 518 g/mol. The van der Waals surface area contributed by atoms with Crippen molar-refractivity contribution in [1.29, 1.82) is 0 Å². The first-order valence-corrected chi connectivity index (χ1v) is 14.5. The Morgan fingerprint density at radius 1 is 0.946 bits per heavy atom. The van der Waals surface area contributed by atoms with Crippen LogP contribution < -0.4 is 5.32 Å². The smallest absolute Gasteiger partial charge is 0.254 e. The zero-order chi connectivity index (χ0) is 25.9. The summed E-state index contributed by atoms with van der Waals surface area (Å²) in [7, 11) is 0. The molecule has 2 amide bonds. The summed E-state index contributed by atoms with van der Waals surface area (Å²) in [6.07, 6.45) is 11.7. The van der Waals surface area contributed by atoms with Crippen molar-refractivity contribution in [1.82, 2.24) is 15.1 Å². The van der Waals surface area contributed by atoms with E-state index in [1.54, 1.807) is 0 Å². The van der Waals surface area contributed by atoms with Crippen LogP contribution in [-0.2, 0) is 11.2 Å². The van der Waals surface area contributed by atoms with Crippen LogP contribution >= 0.6 is 11.3 Å². The Morgan fingerprint density at radius 3 is 2.43 bits per heavy atom. The number of amides is 2. The lowest BCUT2D eigenvalue weighted by Crippen LogP contribution is -2.43. The first-order chi connectivity index (χ1) is 18.1. The Labute approximate surface area is 224 Å². The predicted molar refractivity (Wildman–Crippen MR) is 151 cm³/mol. The number of aromatic nitrogens is 2. The molecule has 1 fully saturated rings. The third-order valence-electron chi connectivity index (χ3n) is 7.07. The lowest BCUT2D eigenvalue weighted by molar-refractivity contribution is -0.116. The fourth-order valence-electron chi connectivity index (χ4n) is 4.95. The predicted octanol–water partition coefficient (Wildman–Crippen LogP) is 7.13. The number of benzene rings is 2. The fraction of sp³-hybridized carbons (Fsp3) is 0.467. The average Bonchev–Trinajstić information content (AvgIpc) is 3.41. The molecule has 0 spiro atoms. The quantitative estimate of drug-likeness (QED) is 0.259. The SMILES string of the molecule is CCCCCCc1ccc(C(=O)N(CCC(=O)Nc2nnc(-c3ccccc3)s2)C2CCCCC2)cc1. The maximum Gasteiger partial charge on any atom is 0.254 e. The minimum atomic E-state index is -0.146. The minimum Gasteiger partial charge on any atom is -0.335 e. The Kier molecular flexibility index (Phi) is 10.2. The van der Waals surface area contributed by atoms with Gasteiger partial charge in [0.25, 0.3) is 5.91 Å². The Morgan fingerprint density at radius 2 is 1.70 bits per heavy atom. The third kappa shape index (κ3) is 7.96. The summed E-state index contributed by atoms with van der Waals surface area (Å²) in [6.45, 7) is 2.62. The van der Waals surface area contributed by atoms with E-state index >= 15 is 0 Å². The molecule has 196 valence electrons. The van der Waals surface area contributed by atoms with Gasteiger partial charge in [-0.3, -0.25) is 9.59 Å². The molecule has 1 N–H and O–H groups in total. The van der Waals surface area contributed by atoms with E-state index in [0.717, 1.165) is 42.7 Å². The van der Waals surface area contributed by atoms with Crippen LogP contribution in [0.4, 0.5) is 5.13 Å². The minimum absolute atomic E-state index is 0.0273. The molecule has 4 rings (SSSR count). The maximum atomic E-state index is 13.6. The van der Waals surface area contributed by atoms with Crippen molar-refractivity contribution < 1.29 is 9.59 Å². The number of carbonyl (C=O) groups is 2. The van der Waals surface area contributed by atoms with Gasteiger partial charge in [-0.15, -0.1) is 10.2 Å². The topological polar surface area (TPSA) is 75.2 Å². The van der Waals surface area contributed by atoms with E-state index in [4.69, 9.17) is 0 Å². The first kappa shape index (κ1) is 27.0. The highest BCUT2D eigenvalue weighted by atomic mass is 32.1. The lowest BCUT2D eigenvalue weighted by Gasteiger charge is -2.34. The molecule has 0 bridgehead atoms. The summed E-state index contributed by atoms with van der Waals surface area (Å²) in [6, 6.07) is 18.1. The molecular weight excluding hydrogens is 480 g/mol. The lowest BCUT2D eigenvalue weighted by atomic mass is 9.93. The van der Waals surface area contributed by atoms with Crippen LogP contribution in [0.5, 0.6) is 0 Å². The summed E-state index contributed by atoms with van der Waals surface area (Å²) >= 11 is 1.35. The van der Waals surface area contributed by atoms with E-state index in [9.17, 15) is 9.59 Å². The Balaban J connectivity index is 1.36. The fourth-order valence-corrected chi connectivity index (χ4v) is 5.72. The number of hydrogen-bond acceptors (Lipinski definition) is 5. The number of nitrogens with one attached hydrogen (secondary N) is 1. The van der Waals surface area contributed by atoms with Gasteiger partial charge in [0, 0.05) is 30.1 Å². The van der Waals surface area contributed by atoms with Crippen LogP contribution in [-0.4, -0.2) is 39.5 Å². The molecule has 6 nitrogen and oxygen atoms in total. The highest BCUT2D eigenvalue weighted by Gasteiger charge is 2.27. The average molecular weight is 519 g/mol. The summed E-state index contributed by atoms with van der Waals surface area (Å²) < 4.78 is 0. The molecule has 7 heteroatoms. The van der Waals surface area contributed by atoms with Gasteiger partial charge < -0.3 is 10.2 Å². The number of anilines is 1. The van der Waals surface area contributed by atoms with Crippen LogP contribution in [0.2, 0.25) is 0 Å². The molecule has 0 unspecified atom stereocenters. The molecular formula is C30H38N4O2S. The molecule has 3 aromatic rings. The zero-order valence-electron chi connectivity index (χ0n) is 21.8. The second kappa shape index (κ2) is 14.0.